The molecule has 0 amide bonds. The minimum Gasteiger partial charge on any atom is -0.399 e. The molecule has 0 aromatic carbocycles. The van der Waals surface area contributed by atoms with Crippen molar-refractivity contribution in [2.45, 2.75) is 0 Å². The van der Waals surface area contributed by atoms with Crippen molar-refractivity contribution in [3.05, 3.63) is 23.6 Å². The van der Waals surface area contributed by atoms with Crippen LogP contribution in [0.2, 0.25) is 0 Å². The van der Waals surface area contributed by atoms with Crippen molar-refractivity contribution >= 4 is 9.52 Å². The molecule has 0 saturated carbocycles. The summed E-state index contributed by atoms with van der Waals surface area (Å²) in [4.78, 5) is 0. The molecule has 26 valence electrons. The maximum atomic E-state index is 3.07. The van der Waals surface area contributed by atoms with E-state index in [0.717, 1.165) is 0 Å². The zero-order valence-electron chi connectivity index (χ0n) is 4.86. The minimum absolute atomic E-state index is 0. The summed E-state index contributed by atoms with van der Waals surface area (Å²) in [6.45, 7) is 0. The van der Waals surface area contributed by atoms with Gasteiger partial charge in [0.1, 0.15) is 0 Å². The van der Waals surface area contributed by atoms with Crippen molar-refractivity contribution in [3.8, 4) is 0 Å². The Morgan fingerprint density at radius 1 is 1.00 bits per heavy atom. The Kier molecular flexibility index (Phi) is 10.6. The number of rotatable bonds is 0. The second-order valence-electron chi connectivity index (χ2n) is 0.918. The predicted octanol–water partition coefficient (Wildman–Crippen LogP) is -6.19. The molecule has 7 heavy (non-hydrogen) atoms. The fourth-order valence-corrected chi connectivity index (χ4v) is 0.884. The van der Waals surface area contributed by atoms with Crippen LogP contribution < -0.4 is 37.7 Å². The van der Waals surface area contributed by atoms with E-state index in [-0.39, 0.29) is 47.2 Å². The Balaban J connectivity index is 0. The maximum absolute atomic E-state index is 3.07. The van der Waals surface area contributed by atoms with Crippen LogP contribution in [0.3, 0.4) is 0 Å². The van der Waals surface area contributed by atoms with Gasteiger partial charge >= 0.3 is 37.7 Å². The summed E-state index contributed by atoms with van der Waals surface area (Å²) >= 11 is 0. The summed E-state index contributed by atoms with van der Waals surface area (Å²) in [5, 5.41) is 0. The van der Waals surface area contributed by atoms with Crippen LogP contribution in [0, 0.1) is 11.4 Å². The predicted molar refractivity (Wildman–Crippen MR) is 24.2 cm³/mol. The Morgan fingerprint density at radius 2 is 1.43 bits per heavy atom. The third-order valence-electron chi connectivity index (χ3n) is 0.523. The SMILES string of the molecule is [C-]1=CC=[C-][SiH2]1.[Li+].[Li+]. The monoisotopic (exact) mass is 94.0 g/mol. The summed E-state index contributed by atoms with van der Waals surface area (Å²) in [6.07, 6.45) is 3.87. The van der Waals surface area contributed by atoms with Crippen LogP contribution >= 0.6 is 0 Å². The molecule has 0 radical (unpaired) electrons. The van der Waals surface area contributed by atoms with Gasteiger partial charge in [0.15, 0.2) is 0 Å². The van der Waals surface area contributed by atoms with Gasteiger partial charge in [-0.25, -0.2) is 0 Å². The molecule has 1 heterocycles. The Labute approximate surface area is 70.6 Å². The van der Waals surface area contributed by atoms with Gasteiger partial charge in [-0.1, -0.05) is 0 Å². The number of allylic oxidation sites excluding steroid dienone is 2. The van der Waals surface area contributed by atoms with E-state index in [4.69, 9.17) is 0 Å². The van der Waals surface area contributed by atoms with Crippen LogP contribution in [0.15, 0.2) is 12.2 Å². The van der Waals surface area contributed by atoms with Gasteiger partial charge in [0.25, 0.3) is 0 Å². The molecule has 0 aromatic heterocycles. The first kappa shape index (κ1) is 10.8. The van der Waals surface area contributed by atoms with Crippen LogP contribution in [0.1, 0.15) is 0 Å². The van der Waals surface area contributed by atoms with Crippen LogP contribution in [-0.4, -0.2) is 9.52 Å². The molecule has 0 aromatic rings. The van der Waals surface area contributed by atoms with Crippen molar-refractivity contribution in [1.29, 1.82) is 0 Å². The van der Waals surface area contributed by atoms with Crippen molar-refractivity contribution in [3.63, 3.8) is 0 Å². The Bertz CT molecular complexity index is 67.8. The molecule has 1 aliphatic heterocycles. The van der Waals surface area contributed by atoms with E-state index in [1.807, 2.05) is 12.2 Å². The van der Waals surface area contributed by atoms with Gasteiger partial charge < -0.3 is 23.6 Å². The molecular weight excluding hydrogens is 90.0 g/mol. The van der Waals surface area contributed by atoms with Gasteiger partial charge in [-0.15, -0.1) is 0 Å². The molecule has 1 rings (SSSR count). The second-order valence-corrected chi connectivity index (χ2v) is 2.09. The van der Waals surface area contributed by atoms with Crippen LogP contribution in [0.5, 0.6) is 0 Å². The van der Waals surface area contributed by atoms with Crippen LogP contribution in [-0.2, 0) is 0 Å². The second kappa shape index (κ2) is 6.89. The third-order valence-corrected chi connectivity index (χ3v) is 1.40. The summed E-state index contributed by atoms with van der Waals surface area (Å²) < 4.78 is 0. The fraction of sp³-hybridized carbons (Fsp3) is 0. The molecule has 0 bridgehead atoms. The smallest absolute Gasteiger partial charge is 0.399 e. The maximum Gasteiger partial charge on any atom is 1.00 e. The molecular formula is C4H4Li2Si. The van der Waals surface area contributed by atoms with Crippen molar-refractivity contribution < 1.29 is 37.7 Å². The van der Waals surface area contributed by atoms with Crippen molar-refractivity contribution in [2.75, 3.05) is 0 Å². The van der Waals surface area contributed by atoms with E-state index < -0.39 is 0 Å². The molecule has 3 heteroatoms. The molecule has 0 N–H and O–H groups in total. The first-order valence-electron chi connectivity index (χ1n) is 1.62. The number of hydrogen-bond donors (Lipinski definition) is 0. The molecule has 0 atom stereocenters. The molecule has 0 saturated heterocycles. The molecule has 0 unspecified atom stereocenters. The van der Waals surface area contributed by atoms with Gasteiger partial charge in [0.2, 0.25) is 0 Å². The summed E-state index contributed by atoms with van der Waals surface area (Å²) in [5.41, 5.74) is 6.14. The minimum atomic E-state index is -0.0679. The molecule has 0 fully saturated rings. The summed E-state index contributed by atoms with van der Waals surface area (Å²) in [5.74, 6) is 0. The van der Waals surface area contributed by atoms with E-state index in [9.17, 15) is 0 Å². The summed E-state index contributed by atoms with van der Waals surface area (Å²) in [7, 11) is -0.0679. The van der Waals surface area contributed by atoms with Gasteiger partial charge in [0, 0.05) is 0 Å². The largest absolute Gasteiger partial charge is 1.00 e. The number of hydrogen-bond acceptors (Lipinski definition) is 0. The Hall–Kier alpha value is 0.892. The summed E-state index contributed by atoms with van der Waals surface area (Å²) in [6, 6.07) is 0. The quantitative estimate of drug-likeness (QED) is 0.207. The van der Waals surface area contributed by atoms with Gasteiger partial charge in [0.05, 0.1) is 0 Å². The molecule has 1 aliphatic rings. The van der Waals surface area contributed by atoms with E-state index in [1.165, 1.54) is 0 Å². The molecule has 0 aliphatic carbocycles. The average molecular weight is 94.0 g/mol. The first-order chi connectivity index (χ1) is 2.50. The van der Waals surface area contributed by atoms with E-state index in [2.05, 4.69) is 11.4 Å². The van der Waals surface area contributed by atoms with Crippen LogP contribution in [0.25, 0.3) is 0 Å². The van der Waals surface area contributed by atoms with Crippen LogP contribution in [0.4, 0.5) is 0 Å². The Morgan fingerprint density at radius 3 is 1.57 bits per heavy atom. The fourth-order valence-electron chi connectivity index (χ4n) is 0.295. The zero-order chi connectivity index (χ0) is 3.54. The normalized spacial score (nSPS) is 12.6. The third kappa shape index (κ3) is 4.75. The van der Waals surface area contributed by atoms with Gasteiger partial charge in [-0.05, 0) is 0 Å². The van der Waals surface area contributed by atoms with Gasteiger partial charge in [-0.3, -0.25) is 0 Å². The van der Waals surface area contributed by atoms with E-state index in [1.54, 1.807) is 0 Å². The molecule has 0 nitrogen and oxygen atoms in total. The van der Waals surface area contributed by atoms with E-state index in [0.29, 0.717) is 0 Å². The first-order valence-corrected chi connectivity index (χ1v) is 3.03. The molecule has 0 spiro atoms. The zero-order valence-corrected chi connectivity index (χ0v) is 6.28. The average Bonchev–Trinajstić information content (AvgIpc) is 1.76. The van der Waals surface area contributed by atoms with Gasteiger partial charge in [-0.2, -0.15) is 9.52 Å². The van der Waals surface area contributed by atoms with E-state index >= 15 is 0 Å². The standard InChI is InChI=1S/C4H4Si.2Li/c1-2-4-5-3-1;;/h1-2H,5H2;;/q-2;2*+1. The van der Waals surface area contributed by atoms with Crippen molar-refractivity contribution in [1.82, 2.24) is 0 Å². The van der Waals surface area contributed by atoms with Crippen molar-refractivity contribution in [2.24, 2.45) is 0 Å². The topological polar surface area (TPSA) is 0 Å².